The molecule has 4 rings (SSSR count). The monoisotopic (exact) mass is 266 g/mol. The zero-order valence-corrected chi connectivity index (χ0v) is 10.9. The fraction of sp³-hybridized carbons (Fsp3) is 0.267. The maximum absolute atomic E-state index is 6.22. The lowest BCUT2D eigenvalue weighted by atomic mass is 9.77. The molecule has 1 fully saturated rings. The van der Waals surface area contributed by atoms with Crippen LogP contribution in [0.25, 0.3) is 22.4 Å². The van der Waals surface area contributed by atoms with Gasteiger partial charge >= 0.3 is 0 Å². The highest BCUT2D eigenvalue weighted by Crippen LogP contribution is 2.38. The van der Waals surface area contributed by atoms with Crippen molar-refractivity contribution < 1.29 is 4.52 Å². The van der Waals surface area contributed by atoms with Gasteiger partial charge in [-0.1, -0.05) is 29.4 Å². The summed E-state index contributed by atoms with van der Waals surface area (Å²) in [5.41, 5.74) is 6.53. The molecule has 0 atom stereocenters. The number of pyridine rings is 1. The molecule has 2 heterocycles. The van der Waals surface area contributed by atoms with Crippen molar-refractivity contribution in [2.45, 2.75) is 24.8 Å². The molecule has 0 radical (unpaired) electrons. The summed E-state index contributed by atoms with van der Waals surface area (Å²) in [4.78, 5) is 8.84. The minimum Gasteiger partial charge on any atom is -0.332 e. The molecule has 0 amide bonds. The third kappa shape index (κ3) is 1.63. The summed E-state index contributed by atoms with van der Waals surface area (Å²) in [6.45, 7) is 0. The Morgan fingerprint density at radius 3 is 2.80 bits per heavy atom. The van der Waals surface area contributed by atoms with Crippen molar-refractivity contribution in [2.75, 3.05) is 0 Å². The maximum Gasteiger partial charge on any atom is 0.277 e. The van der Waals surface area contributed by atoms with Gasteiger partial charge in [0.1, 0.15) is 5.69 Å². The van der Waals surface area contributed by atoms with Crippen molar-refractivity contribution in [1.82, 2.24) is 15.1 Å². The average molecular weight is 266 g/mol. The van der Waals surface area contributed by atoms with E-state index in [1.807, 2.05) is 30.3 Å². The van der Waals surface area contributed by atoms with Gasteiger partial charge in [0.25, 0.3) is 5.89 Å². The highest BCUT2D eigenvalue weighted by molar-refractivity contribution is 5.92. The minimum absolute atomic E-state index is 0.410. The summed E-state index contributed by atoms with van der Waals surface area (Å²) in [7, 11) is 0. The van der Waals surface area contributed by atoms with Crippen LogP contribution in [0.3, 0.4) is 0 Å². The van der Waals surface area contributed by atoms with Crippen LogP contribution in [0, 0.1) is 0 Å². The van der Waals surface area contributed by atoms with E-state index in [1.165, 1.54) is 0 Å². The van der Waals surface area contributed by atoms with Crippen LogP contribution < -0.4 is 5.73 Å². The van der Waals surface area contributed by atoms with Crippen LogP contribution in [0.1, 0.15) is 25.1 Å². The van der Waals surface area contributed by atoms with Gasteiger partial charge in [0.15, 0.2) is 5.82 Å². The van der Waals surface area contributed by atoms with E-state index in [1.54, 1.807) is 6.20 Å². The number of nitrogens with zero attached hydrogens (tertiary/aromatic N) is 3. The highest BCUT2D eigenvalue weighted by atomic mass is 16.5. The first-order valence-electron chi connectivity index (χ1n) is 6.73. The van der Waals surface area contributed by atoms with Gasteiger partial charge in [-0.15, -0.1) is 0 Å². The minimum atomic E-state index is -0.410. The lowest BCUT2D eigenvalue weighted by molar-refractivity contribution is 0.229. The average Bonchev–Trinajstić information content (AvgIpc) is 2.94. The lowest BCUT2D eigenvalue weighted by Crippen LogP contribution is -2.44. The normalized spacial score (nSPS) is 17.1. The van der Waals surface area contributed by atoms with Crippen LogP contribution in [0.5, 0.6) is 0 Å². The summed E-state index contributed by atoms with van der Waals surface area (Å²) < 4.78 is 5.38. The molecule has 100 valence electrons. The molecule has 0 aliphatic heterocycles. The first-order valence-corrected chi connectivity index (χ1v) is 6.73. The maximum atomic E-state index is 6.22. The van der Waals surface area contributed by atoms with Crippen LogP contribution in [0.15, 0.2) is 41.1 Å². The van der Waals surface area contributed by atoms with E-state index in [2.05, 4.69) is 15.1 Å². The van der Waals surface area contributed by atoms with E-state index in [4.69, 9.17) is 10.3 Å². The number of nitrogens with two attached hydrogens (primary N) is 1. The number of benzene rings is 1. The molecule has 2 N–H and O–H groups in total. The third-order valence-corrected chi connectivity index (χ3v) is 3.99. The number of rotatable bonds is 2. The van der Waals surface area contributed by atoms with Crippen molar-refractivity contribution in [3.05, 3.63) is 42.4 Å². The molecule has 3 aromatic rings. The van der Waals surface area contributed by atoms with Crippen LogP contribution in [-0.2, 0) is 5.54 Å². The van der Waals surface area contributed by atoms with E-state index >= 15 is 0 Å². The third-order valence-electron chi connectivity index (χ3n) is 3.99. The van der Waals surface area contributed by atoms with Gasteiger partial charge in [0.2, 0.25) is 0 Å². The van der Waals surface area contributed by atoms with Gasteiger partial charge in [-0.3, -0.25) is 4.98 Å². The Morgan fingerprint density at radius 2 is 2.00 bits per heavy atom. The molecule has 2 aromatic heterocycles. The van der Waals surface area contributed by atoms with Gasteiger partial charge in [0.05, 0.1) is 5.54 Å². The van der Waals surface area contributed by atoms with Gasteiger partial charge in [0, 0.05) is 11.6 Å². The fourth-order valence-corrected chi connectivity index (χ4v) is 2.59. The molecule has 0 unspecified atom stereocenters. The molecule has 1 aliphatic rings. The summed E-state index contributed by atoms with van der Waals surface area (Å²) >= 11 is 0. The van der Waals surface area contributed by atoms with Crippen LogP contribution >= 0.6 is 0 Å². The zero-order valence-electron chi connectivity index (χ0n) is 10.9. The molecular formula is C15H14N4O. The molecule has 0 spiro atoms. The Kier molecular flexibility index (Phi) is 2.37. The molecular weight excluding hydrogens is 252 g/mol. The summed E-state index contributed by atoms with van der Waals surface area (Å²) in [5.74, 6) is 1.03. The van der Waals surface area contributed by atoms with Crippen LogP contribution in [-0.4, -0.2) is 15.1 Å². The summed E-state index contributed by atoms with van der Waals surface area (Å²) in [6, 6.07) is 9.97. The summed E-state index contributed by atoms with van der Waals surface area (Å²) in [5, 5.41) is 6.15. The van der Waals surface area contributed by atoms with E-state index in [0.717, 1.165) is 30.0 Å². The van der Waals surface area contributed by atoms with E-state index in [0.29, 0.717) is 17.4 Å². The topological polar surface area (TPSA) is 77.8 Å². The SMILES string of the molecule is NC1(c2noc(-c3nccc4ccccc34)n2)CCC1. The van der Waals surface area contributed by atoms with Crippen LogP contribution in [0.4, 0.5) is 0 Å². The Balaban J connectivity index is 1.83. The van der Waals surface area contributed by atoms with Crippen molar-refractivity contribution in [2.24, 2.45) is 5.73 Å². The van der Waals surface area contributed by atoms with Gasteiger partial charge in [-0.05, 0) is 30.7 Å². The molecule has 20 heavy (non-hydrogen) atoms. The van der Waals surface area contributed by atoms with Gasteiger partial charge in [-0.25, -0.2) is 0 Å². The number of aromatic nitrogens is 3. The molecule has 0 bridgehead atoms. The first-order chi connectivity index (χ1) is 9.76. The second-order valence-corrected chi connectivity index (χ2v) is 5.31. The van der Waals surface area contributed by atoms with Crippen molar-refractivity contribution in [3.8, 4) is 11.6 Å². The van der Waals surface area contributed by atoms with E-state index in [9.17, 15) is 0 Å². The van der Waals surface area contributed by atoms with Crippen LogP contribution in [0.2, 0.25) is 0 Å². The number of fused-ring (bicyclic) bond motifs is 1. The Hall–Kier alpha value is -2.27. The fourth-order valence-electron chi connectivity index (χ4n) is 2.59. The molecule has 1 aliphatic carbocycles. The van der Waals surface area contributed by atoms with Gasteiger partial charge in [-0.2, -0.15) is 4.98 Å². The largest absolute Gasteiger partial charge is 0.332 e. The van der Waals surface area contributed by atoms with Crippen molar-refractivity contribution >= 4 is 10.8 Å². The molecule has 0 saturated heterocycles. The van der Waals surface area contributed by atoms with Gasteiger partial charge < -0.3 is 10.3 Å². The molecule has 1 aromatic carbocycles. The number of hydrogen-bond donors (Lipinski definition) is 1. The predicted molar refractivity (Wildman–Crippen MR) is 74.8 cm³/mol. The first kappa shape index (κ1) is 11.5. The Labute approximate surface area is 115 Å². The lowest BCUT2D eigenvalue weighted by Gasteiger charge is -2.34. The molecule has 5 nitrogen and oxygen atoms in total. The quantitative estimate of drug-likeness (QED) is 0.771. The molecule has 1 saturated carbocycles. The number of hydrogen-bond acceptors (Lipinski definition) is 5. The zero-order chi connectivity index (χ0) is 13.6. The molecule has 5 heteroatoms. The predicted octanol–water partition coefficient (Wildman–Crippen LogP) is 2.62. The second-order valence-electron chi connectivity index (χ2n) is 5.31. The van der Waals surface area contributed by atoms with E-state index < -0.39 is 5.54 Å². The highest BCUT2D eigenvalue weighted by Gasteiger charge is 2.39. The Bertz CT molecular complexity index is 771. The summed E-state index contributed by atoms with van der Waals surface area (Å²) in [6.07, 6.45) is 4.69. The standard InChI is InChI=1S/C15H14N4O/c16-15(7-3-8-15)14-18-13(20-19-14)12-11-5-2-1-4-10(11)6-9-17-12/h1-2,4-6,9H,3,7-8,16H2. The Morgan fingerprint density at radius 1 is 1.15 bits per heavy atom. The second kappa shape index (κ2) is 4.11. The van der Waals surface area contributed by atoms with E-state index in [-0.39, 0.29) is 0 Å². The van der Waals surface area contributed by atoms with Crippen molar-refractivity contribution in [1.29, 1.82) is 0 Å². The smallest absolute Gasteiger partial charge is 0.277 e. The van der Waals surface area contributed by atoms with Crippen molar-refractivity contribution in [3.63, 3.8) is 0 Å².